The maximum Gasteiger partial charge on any atom is 0.246 e. The molecule has 0 N–H and O–H groups in total. The number of sulfonamides is 1. The number of benzene rings is 1. The molecule has 6 nitrogen and oxygen atoms in total. The van der Waals surface area contributed by atoms with Crippen LogP contribution in [0.25, 0.3) is 0 Å². The van der Waals surface area contributed by atoms with E-state index in [1.807, 2.05) is 6.07 Å². The van der Waals surface area contributed by atoms with Crippen LogP contribution in [0.15, 0.2) is 17.0 Å². The highest BCUT2D eigenvalue weighted by Gasteiger charge is 2.28. The van der Waals surface area contributed by atoms with Crippen LogP contribution >= 0.6 is 0 Å². The van der Waals surface area contributed by atoms with Crippen molar-refractivity contribution in [1.82, 2.24) is 4.31 Å². The number of halogens is 1. The minimum absolute atomic E-state index is 0.00309. The maximum absolute atomic E-state index is 14.1. The van der Waals surface area contributed by atoms with Gasteiger partial charge in [0.15, 0.2) is 11.5 Å². The Balaban J connectivity index is 3.33. The molecule has 0 aliphatic carbocycles. The molecule has 0 radical (unpaired) electrons. The summed E-state index contributed by atoms with van der Waals surface area (Å²) in [6.45, 7) is 1.76. The largest absolute Gasteiger partial charge is 0.493 e. The second kappa shape index (κ2) is 7.24. The van der Waals surface area contributed by atoms with Crippen LogP contribution < -0.4 is 9.47 Å². The molecular weight excluding hydrogens is 299 g/mol. The fourth-order valence-corrected chi connectivity index (χ4v) is 3.31. The van der Waals surface area contributed by atoms with Gasteiger partial charge in [-0.1, -0.05) is 6.92 Å². The zero-order valence-corrected chi connectivity index (χ0v) is 12.9. The number of nitriles is 1. The molecule has 0 atom stereocenters. The van der Waals surface area contributed by atoms with Gasteiger partial charge in [-0.05, 0) is 0 Å². The molecule has 116 valence electrons. The van der Waals surface area contributed by atoms with Gasteiger partial charge in [0.25, 0.3) is 0 Å². The van der Waals surface area contributed by atoms with E-state index in [9.17, 15) is 12.8 Å². The number of rotatable bonds is 7. The fourth-order valence-electron chi connectivity index (χ4n) is 1.80. The van der Waals surface area contributed by atoms with Crippen LogP contribution in [0.3, 0.4) is 0 Å². The quantitative estimate of drug-likeness (QED) is 0.766. The maximum atomic E-state index is 14.1. The Labute approximate surface area is 123 Å². The predicted molar refractivity (Wildman–Crippen MR) is 74.2 cm³/mol. The first-order chi connectivity index (χ1) is 9.92. The van der Waals surface area contributed by atoms with Crippen LogP contribution in [0.4, 0.5) is 4.39 Å². The van der Waals surface area contributed by atoms with Crippen molar-refractivity contribution in [2.75, 3.05) is 27.3 Å². The fraction of sp³-hybridized carbons (Fsp3) is 0.462. The number of hydrogen-bond donors (Lipinski definition) is 0. The molecule has 0 aliphatic rings. The molecule has 21 heavy (non-hydrogen) atoms. The lowest BCUT2D eigenvalue weighted by Crippen LogP contribution is -2.32. The van der Waals surface area contributed by atoms with Crippen molar-refractivity contribution < 1.29 is 22.3 Å². The molecule has 1 aromatic rings. The summed E-state index contributed by atoms with van der Waals surface area (Å²) in [7, 11) is -1.38. The minimum Gasteiger partial charge on any atom is -0.493 e. The zero-order chi connectivity index (χ0) is 16.0. The van der Waals surface area contributed by atoms with Crippen LogP contribution in [-0.2, 0) is 10.0 Å². The minimum atomic E-state index is -4.04. The van der Waals surface area contributed by atoms with Gasteiger partial charge in [0.05, 0.1) is 20.3 Å². The topological polar surface area (TPSA) is 79.6 Å². The number of ether oxygens (including phenoxy) is 2. The van der Waals surface area contributed by atoms with Crippen molar-refractivity contribution in [3.8, 4) is 17.6 Å². The van der Waals surface area contributed by atoms with E-state index in [1.54, 1.807) is 6.92 Å². The van der Waals surface area contributed by atoms with E-state index < -0.39 is 20.7 Å². The average Bonchev–Trinajstić information content (AvgIpc) is 2.47. The van der Waals surface area contributed by atoms with E-state index in [4.69, 9.17) is 14.7 Å². The SMILES string of the molecule is CCN(CCC#N)S(=O)(=O)c1cc(OC)c(OC)cc1F. The molecule has 0 bridgehead atoms. The first kappa shape index (κ1) is 17.2. The van der Waals surface area contributed by atoms with Crippen LogP contribution in [-0.4, -0.2) is 40.0 Å². The highest BCUT2D eigenvalue weighted by Crippen LogP contribution is 2.33. The first-order valence-electron chi connectivity index (χ1n) is 6.21. The molecule has 0 aliphatic heterocycles. The third-order valence-electron chi connectivity index (χ3n) is 2.88. The highest BCUT2D eigenvalue weighted by atomic mass is 32.2. The van der Waals surface area contributed by atoms with Crippen molar-refractivity contribution in [3.63, 3.8) is 0 Å². The summed E-state index contributed by atoms with van der Waals surface area (Å²) in [4.78, 5) is -0.500. The third-order valence-corrected chi connectivity index (χ3v) is 4.87. The van der Waals surface area contributed by atoms with Gasteiger partial charge < -0.3 is 9.47 Å². The lowest BCUT2D eigenvalue weighted by Gasteiger charge is -2.20. The molecule has 0 aromatic heterocycles. The lowest BCUT2D eigenvalue weighted by molar-refractivity contribution is 0.349. The van der Waals surface area contributed by atoms with Crippen LogP contribution in [0, 0.1) is 17.1 Å². The second-order valence-corrected chi connectivity index (χ2v) is 5.95. The summed E-state index contributed by atoms with van der Waals surface area (Å²) >= 11 is 0. The summed E-state index contributed by atoms with van der Waals surface area (Å²) in [6, 6.07) is 3.91. The molecular formula is C13H17FN2O4S. The Kier molecular flexibility index (Phi) is 5.93. The Morgan fingerprint density at radius 2 is 1.86 bits per heavy atom. The number of hydrogen-bond acceptors (Lipinski definition) is 5. The van der Waals surface area contributed by atoms with E-state index in [0.717, 1.165) is 16.4 Å². The normalized spacial score (nSPS) is 11.2. The van der Waals surface area contributed by atoms with E-state index >= 15 is 0 Å². The van der Waals surface area contributed by atoms with Gasteiger partial charge in [0.2, 0.25) is 10.0 Å². The van der Waals surface area contributed by atoms with Crippen molar-refractivity contribution in [1.29, 1.82) is 5.26 Å². The average molecular weight is 316 g/mol. The van der Waals surface area contributed by atoms with Gasteiger partial charge in [0.1, 0.15) is 10.7 Å². The smallest absolute Gasteiger partial charge is 0.246 e. The van der Waals surface area contributed by atoms with Gasteiger partial charge in [-0.3, -0.25) is 0 Å². The molecule has 1 rings (SSSR count). The van der Waals surface area contributed by atoms with E-state index in [1.165, 1.54) is 14.2 Å². The molecule has 0 unspecified atom stereocenters. The Hall–Kier alpha value is -1.85. The van der Waals surface area contributed by atoms with Crippen molar-refractivity contribution in [2.45, 2.75) is 18.2 Å². The molecule has 8 heteroatoms. The van der Waals surface area contributed by atoms with E-state index in [0.29, 0.717) is 0 Å². The number of nitrogens with zero attached hydrogens (tertiary/aromatic N) is 2. The third kappa shape index (κ3) is 3.62. The predicted octanol–water partition coefficient (Wildman–Crippen LogP) is 1.77. The van der Waals surface area contributed by atoms with Crippen LogP contribution in [0.5, 0.6) is 11.5 Å². The number of methoxy groups -OCH3 is 2. The van der Waals surface area contributed by atoms with Gasteiger partial charge in [-0.2, -0.15) is 9.57 Å². The highest BCUT2D eigenvalue weighted by molar-refractivity contribution is 7.89. The summed E-state index contributed by atoms with van der Waals surface area (Å²) in [6.07, 6.45) is 0.0297. The summed E-state index contributed by atoms with van der Waals surface area (Å²) in [5, 5.41) is 8.57. The van der Waals surface area contributed by atoms with E-state index in [2.05, 4.69) is 0 Å². The van der Waals surface area contributed by atoms with Gasteiger partial charge >= 0.3 is 0 Å². The Bertz CT molecular complexity index is 640. The molecule has 0 saturated carbocycles. The first-order valence-corrected chi connectivity index (χ1v) is 7.65. The van der Waals surface area contributed by atoms with Crippen molar-refractivity contribution in [3.05, 3.63) is 17.9 Å². The Morgan fingerprint density at radius 3 is 2.33 bits per heavy atom. The van der Waals surface area contributed by atoms with Crippen molar-refractivity contribution in [2.24, 2.45) is 0 Å². The van der Waals surface area contributed by atoms with Gasteiger partial charge in [-0.25, -0.2) is 12.8 Å². The molecule has 0 spiro atoms. The molecule has 0 heterocycles. The lowest BCUT2D eigenvalue weighted by atomic mass is 10.3. The van der Waals surface area contributed by atoms with E-state index in [-0.39, 0.29) is 31.0 Å². The second-order valence-electron chi connectivity index (χ2n) is 4.04. The summed E-state index contributed by atoms with van der Waals surface area (Å²) in [5.74, 6) is -0.703. The monoisotopic (exact) mass is 316 g/mol. The van der Waals surface area contributed by atoms with Gasteiger partial charge in [-0.15, -0.1) is 0 Å². The standard InChI is InChI=1S/C13H17FN2O4S/c1-4-16(7-5-6-15)21(17,18)13-9-12(20-3)11(19-2)8-10(13)14/h8-9H,4-5,7H2,1-3H3. The molecule has 0 fully saturated rings. The molecule has 0 saturated heterocycles. The summed E-state index contributed by atoms with van der Waals surface area (Å²) < 4.78 is 49.9. The van der Waals surface area contributed by atoms with Gasteiger partial charge in [0, 0.05) is 31.6 Å². The van der Waals surface area contributed by atoms with Crippen molar-refractivity contribution >= 4 is 10.0 Å². The van der Waals surface area contributed by atoms with Crippen LogP contribution in [0.1, 0.15) is 13.3 Å². The molecule has 1 aromatic carbocycles. The Morgan fingerprint density at radius 1 is 1.29 bits per heavy atom. The summed E-state index contributed by atoms with van der Waals surface area (Å²) in [5.41, 5.74) is 0. The molecule has 0 amide bonds. The zero-order valence-electron chi connectivity index (χ0n) is 12.1. The van der Waals surface area contributed by atoms with Crippen LogP contribution in [0.2, 0.25) is 0 Å².